The number of carbonyl (C=O) groups is 4. The number of phenolic OH excluding ortho intramolecular Hbond substituents is 2. The van der Waals surface area contributed by atoms with Crippen LogP contribution in [0.2, 0.25) is 0 Å². The van der Waals surface area contributed by atoms with Crippen LogP contribution in [0.15, 0.2) is 0 Å². The van der Waals surface area contributed by atoms with E-state index in [-0.39, 0.29) is 70.6 Å². The lowest BCUT2D eigenvalue weighted by Gasteiger charge is -2.22. The number of benzene rings is 1. The number of phenols is 2. The van der Waals surface area contributed by atoms with Crippen molar-refractivity contribution in [3.05, 3.63) is 21.6 Å². The molecule has 0 aromatic heterocycles. The maximum Gasteiger partial charge on any atom is 0.167 e. The third-order valence-electron chi connectivity index (χ3n) is 5.75. The molecule has 1 aromatic carbocycles. The SMILES string of the molecule is Cc1c(C)c(O)c(=C2C(=O)CC(C)CC2=O)c(=C2C(=O)CC(C)CC2=O)c1O. The Morgan fingerprint density at radius 1 is 0.607 bits per heavy atom. The molecule has 28 heavy (non-hydrogen) atoms. The van der Waals surface area contributed by atoms with Gasteiger partial charge < -0.3 is 10.2 Å². The maximum atomic E-state index is 12.7. The van der Waals surface area contributed by atoms with E-state index in [9.17, 15) is 29.4 Å². The van der Waals surface area contributed by atoms with Gasteiger partial charge in [-0.2, -0.15) is 0 Å². The van der Waals surface area contributed by atoms with Crippen LogP contribution in [0.25, 0.3) is 11.1 Å². The van der Waals surface area contributed by atoms with Crippen molar-refractivity contribution in [2.45, 2.75) is 53.4 Å². The Morgan fingerprint density at radius 2 is 0.857 bits per heavy atom. The smallest absolute Gasteiger partial charge is 0.167 e. The van der Waals surface area contributed by atoms with Crippen LogP contribution in [-0.4, -0.2) is 33.3 Å². The van der Waals surface area contributed by atoms with Gasteiger partial charge in [-0.25, -0.2) is 0 Å². The van der Waals surface area contributed by atoms with Crippen molar-refractivity contribution in [3.63, 3.8) is 0 Å². The second kappa shape index (κ2) is 7.00. The molecule has 0 spiro atoms. The van der Waals surface area contributed by atoms with E-state index < -0.39 is 23.1 Å². The number of aromatic hydroxyl groups is 2. The van der Waals surface area contributed by atoms with Crippen LogP contribution >= 0.6 is 0 Å². The molecule has 0 bridgehead atoms. The predicted molar refractivity (Wildman–Crippen MR) is 102 cm³/mol. The number of carbonyl (C=O) groups excluding carboxylic acids is 4. The number of Topliss-reactive ketones (excluding diaryl/α,β-unsaturated/α-hetero) is 4. The summed E-state index contributed by atoms with van der Waals surface area (Å²) in [6.45, 7) is 6.68. The molecule has 2 aliphatic carbocycles. The van der Waals surface area contributed by atoms with E-state index >= 15 is 0 Å². The van der Waals surface area contributed by atoms with Crippen molar-refractivity contribution in [1.29, 1.82) is 0 Å². The molecule has 2 fully saturated rings. The minimum atomic E-state index is -0.451. The quantitative estimate of drug-likeness (QED) is 0.650. The zero-order valence-electron chi connectivity index (χ0n) is 16.5. The van der Waals surface area contributed by atoms with Gasteiger partial charge in [0.15, 0.2) is 23.1 Å². The molecule has 0 amide bonds. The Kier molecular flexibility index (Phi) is 5.00. The summed E-state index contributed by atoms with van der Waals surface area (Å²) in [4.78, 5) is 50.8. The average molecular weight is 384 g/mol. The second-order valence-corrected chi connectivity index (χ2v) is 8.17. The lowest BCUT2D eigenvalue weighted by atomic mass is 9.80. The lowest BCUT2D eigenvalue weighted by molar-refractivity contribution is -0.124. The minimum absolute atomic E-state index is 0.124. The van der Waals surface area contributed by atoms with Crippen LogP contribution in [0.4, 0.5) is 0 Å². The fraction of sp³-hybridized carbons (Fsp3) is 0.455. The van der Waals surface area contributed by atoms with Crippen LogP contribution in [-0.2, 0) is 19.2 Å². The summed E-state index contributed by atoms with van der Waals surface area (Å²) in [7, 11) is 0. The summed E-state index contributed by atoms with van der Waals surface area (Å²) >= 11 is 0. The largest absolute Gasteiger partial charge is 0.507 e. The van der Waals surface area contributed by atoms with Crippen molar-refractivity contribution in [1.82, 2.24) is 0 Å². The summed E-state index contributed by atoms with van der Waals surface area (Å²) < 4.78 is 0. The van der Waals surface area contributed by atoms with E-state index in [4.69, 9.17) is 0 Å². The molecule has 1 aromatic rings. The van der Waals surface area contributed by atoms with Gasteiger partial charge in [-0.05, 0) is 36.8 Å². The van der Waals surface area contributed by atoms with Gasteiger partial charge in [0, 0.05) is 36.1 Å². The highest BCUT2D eigenvalue weighted by Gasteiger charge is 2.34. The maximum absolute atomic E-state index is 12.7. The van der Waals surface area contributed by atoms with Gasteiger partial charge in [0.05, 0.1) is 11.1 Å². The predicted octanol–water partition coefficient (Wildman–Crippen LogP) is 1.15. The zero-order valence-corrected chi connectivity index (χ0v) is 16.5. The van der Waals surface area contributed by atoms with Crippen molar-refractivity contribution in [2.75, 3.05) is 0 Å². The Balaban J connectivity index is 2.60. The first-order valence-electron chi connectivity index (χ1n) is 9.47. The fourth-order valence-electron chi connectivity index (χ4n) is 4.14. The van der Waals surface area contributed by atoms with Crippen LogP contribution in [0.1, 0.15) is 50.7 Å². The van der Waals surface area contributed by atoms with E-state index in [2.05, 4.69) is 0 Å². The highest BCUT2D eigenvalue weighted by atomic mass is 16.3. The molecule has 0 heterocycles. The molecule has 148 valence electrons. The van der Waals surface area contributed by atoms with Gasteiger partial charge in [0.2, 0.25) is 0 Å². The molecule has 2 saturated carbocycles. The fourth-order valence-corrected chi connectivity index (χ4v) is 4.14. The number of ketones is 4. The zero-order chi connectivity index (χ0) is 20.9. The van der Waals surface area contributed by atoms with Crippen LogP contribution in [0.5, 0.6) is 11.5 Å². The van der Waals surface area contributed by atoms with E-state index in [0.29, 0.717) is 11.1 Å². The molecule has 3 rings (SSSR count). The first-order valence-corrected chi connectivity index (χ1v) is 9.47. The summed E-state index contributed by atoms with van der Waals surface area (Å²) in [5.41, 5.74) is 0.145. The Labute approximate surface area is 162 Å². The number of hydrogen-bond acceptors (Lipinski definition) is 6. The second-order valence-electron chi connectivity index (χ2n) is 8.17. The first-order chi connectivity index (χ1) is 13.0. The van der Waals surface area contributed by atoms with E-state index in [1.165, 1.54) is 0 Å². The number of rotatable bonds is 0. The van der Waals surface area contributed by atoms with Crippen LogP contribution < -0.4 is 10.4 Å². The van der Waals surface area contributed by atoms with Crippen molar-refractivity contribution in [2.24, 2.45) is 11.8 Å². The first kappa shape index (κ1) is 20.0. The summed E-state index contributed by atoms with van der Waals surface area (Å²) in [6.07, 6.45) is 0.508. The van der Waals surface area contributed by atoms with Crippen molar-refractivity contribution < 1.29 is 29.4 Å². The van der Waals surface area contributed by atoms with Gasteiger partial charge in [0.1, 0.15) is 11.5 Å². The van der Waals surface area contributed by atoms with Gasteiger partial charge in [-0.3, -0.25) is 19.2 Å². The number of hydrogen-bond donors (Lipinski definition) is 2. The van der Waals surface area contributed by atoms with E-state index in [1.807, 2.05) is 0 Å². The third-order valence-corrected chi connectivity index (χ3v) is 5.75. The van der Waals surface area contributed by atoms with Crippen LogP contribution in [0.3, 0.4) is 0 Å². The van der Waals surface area contributed by atoms with Crippen LogP contribution in [0, 0.1) is 25.7 Å². The topological polar surface area (TPSA) is 109 Å². The average Bonchev–Trinajstić information content (AvgIpc) is 2.58. The summed E-state index contributed by atoms with van der Waals surface area (Å²) in [5, 5.41) is 21.3. The summed E-state index contributed by atoms with van der Waals surface area (Å²) in [5.74, 6) is -2.74. The molecule has 6 heteroatoms. The normalized spacial score (nSPS) is 23.6. The molecule has 2 N–H and O–H groups in total. The Morgan fingerprint density at radius 3 is 1.11 bits per heavy atom. The molecule has 0 unspecified atom stereocenters. The van der Waals surface area contributed by atoms with E-state index in [0.717, 1.165) is 0 Å². The van der Waals surface area contributed by atoms with Gasteiger partial charge in [0.25, 0.3) is 0 Å². The van der Waals surface area contributed by atoms with Gasteiger partial charge in [-0.1, -0.05) is 13.8 Å². The minimum Gasteiger partial charge on any atom is -0.507 e. The van der Waals surface area contributed by atoms with Gasteiger partial charge in [-0.15, -0.1) is 0 Å². The molecule has 6 nitrogen and oxygen atoms in total. The van der Waals surface area contributed by atoms with Crippen molar-refractivity contribution in [3.8, 4) is 11.5 Å². The molecular formula is C22H24O6. The molecule has 0 atom stereocenters. The van der Waals surface area contributed by atoms with E-state index in [1.54, 1.807) is 27.7 Å². The molecule has 2 aliphatic rings. The Bertz CT molecular complexity index is 935. The highest BCUT2D eigenvalue weighted by molar-refractivity contribution is 6.44. The molecule has 0 radical (unpaired) electrons. The molecule has 0 aliphatic heterocycles. The molecule has 0 saturated heterocycles. The van der Waals surface area contributed by atoms with Crippen molar-refractivity contribution >= 4 is 34.3 Å². The third kappa shape index (κ3) is 3.07. The molecular weight excluding hydrogens is 360 g/mol. The highest BCUT2D eigenvalue weighted by Crippen LogP contribution is 2.28. The lowest BCUT2D eigenvalue weighted by Crippen LogP contribution is -2.41. The standard InChI is InChI=1S/C22H24O6/c1-9-5-13(23)17(14(24)6-9)19-20(22(28)12(4)11(3)21(19)27)18-15(25)7-10(2)8-16(18)26/h9-10,27-28H,5-8H2,1-4H3. The Hall–Kier alpha value is -2.76. The monoisotopic (exact) mass is 384 g/mol. The summed E-state index contributed by atoms with van der Waals surface area (Å²) in [6, 6.07) is 0. The van der Waals surface area contributed by atoms with Gasteiger partial charge >= 0.3 is 0 Å².